The lowest BCUT2D eigenvalue weighted by molar-refractivity contribution is -0.117. The van der Waals surface area contributed by atoms with E-state index >= 15 is 0 Å². The maximum Gasteiger partial charge on any atom is 0.422 e. The van der Waals surface area contributed by atoms with Gasteiger partial charge in [0.2, 0.25) is 5.91 Å². The average Bonchev–Trinajstić information content (AvgIpc) is 3.30. The number of hydrogen-bond acceptors (Lipinski definition) is 5. The molecule has 1 aliphatic rings. The molecule has 1 atom stereocenters. The fraction of sp³-hybridized carbons (Fsp3) is 0.529. The summed E-state index contributed by atoms with van der Waals surface area (Å²) in [7, 11) is 0. The van der Waals surface area contributed by atoms with Crippen molar-refractivity contribution in [2.45, 2.75) is 58.2 Å². The molecule has 1 aliphatic carbocycles. The first-order valence-corrected chi connectivity index (χ1v) is 8.26. The van der Waals surface area contributed by atoms with Gasteiger partial charge in [0.1, 0.15) is 17.5 Å². The zero-order valence-electron chi connectivity index (χ0n) is 14.9. The predicted molar refractivity (Wildman–Crippen MR) is 93.6 cm³/mol. The van der Waals surface area contributed by atoms with Gasteiger partial charge in [-0.25, -0.2) is 14.6 Å². The van der Waals surface area contributed by atoms with Crippen molar-refractivity contribution in [3.8, 4) is 0 Å². The third-order valence-electron chi connectivity index (χ3n) is 3.38. The van der Waals surface area contributed by atoms with Gasteiger partial charge in [-0.15, -0.1) is 0 Å². The zero-order valence-corrected chi connectivity index (χ0v) is 14.9. The van der Waals surface area contributed by atoms with Crippen LogP contribution in [0.5, 0.6) is 0 Å². The van der Waals surface area contributed by atoms with Crippen molar-refractivity contribution < 1.29 is 18.7 Å². The number of halogens is 1. The van der Waals surface area contributed by atoms with Crippen molar-refractivity contribution in [3.05, 3.63) is 24.0 Å². The quantitative estimate of drug-likeness (QED) is 0.591. The average molecular weight is 352 g/mol. The van der Waals surface area contributed by atoms with Crippen LogP contribution in [0.2, 0.25) is 0 Å². The van der Waals surface area contributed by atoms with Crippen LogP contribution >= 0.6 is 0 Å². The highest BCUT2D eigenvalue weighted by Gasteiger charge is 2.25. The lowest BCUT2D eigenvalue weighted by Crippen LogP contribution is -2.49. The van der Waals surface area contributed by atoms with E-state index in [9.17, 15) is 14.0 Å². The lowest BCUT2D eigenvalue weighted by Gasteiger charge is -2.21. The molecule has 0 aromatic heterocycles. The van der Waals surface area contributed by atoms with Gasteiger partial charge in [0.05, 0.1) is 11.4 Å². The summed E-state index contributed by atoms with van der Waals surface area (Å²) in [6.07, 6.45) is 1.29. The van der Waals surface area contributed by atoms with Gasteiger partial charge in [-0.2, -0.15) is 0 Å². The molecule has 138 valence electrons. The maximum atomic E-state index is 14.0. The summed E-state index contributed by atoms with van der Waals surface area (Å²) in [4.78, 5) is 23.8. The van der Waals surface area contributed by atoms with Crippen LogP contribution < -0.4 is 21.5 Å². The molecule has 1 aromatic rings. The number of nitrogens with one attached hydrogen (secondary N) is 4. The highest BCUT2D eigenvalue weighted by Crippen LogP contribution is 2.31. The monoisotopic (exact) mass is 352 g/mol. The molecular weight excluding hydrogens is 327 g/mol. The van der Waals surface area contributed by atoms with Crippen molar-refractivity contribution in [1.29, 1.82) is 0 Å². The normalized spacial score (nSPS) is 15.2. The van der Waals surface area contributed by atoms with Crippen LogP contribution in [0.1, 0.15) is 40.5 Å². The number of hydrogen-bond donors (Lipinski definition) is 4. The second kappa shape index (κ2) is 7.69. The number of anilines is 2. The zero-order chi connectivity index (χ0) is 18.6. The topological polar surface area (TPSA) is 91.5 Å². The number of hydrazine groups is 1. The number of amides is 2. The van der Waals surface area contributed by atoms with Crippen LogP contribution in [0.15, 0.2) is 18.2 Å². The van der Waals surface area contributed by atoms with Gasteiger partial charge < -0.3 is 15.4 Å². The first-order chi connectivity index (χ1) is 11.7. The number of benzene rings is 1. The maximum absolute atomic E-state index is 14.0. The van der Waals surface area contributed by atoms with Crippen molar-refractivity contribution in [2.24, 2.45) is 0 Å². The van der Waals surface area contributed by atoms with Gasteiger partial charge in [0.15, 0.2) is 0 Å². The second-order valence-corrected chi connectivity index (χ2v) is 7.06. The van der Waals surface area contributed by atoms with Crippen molar-refractivity contribution in [2.75, 3.05) is 10.6 Å². The summed E-state index contributed by atoms with van der Waals surface area (Å²) < 4.78 is 19.1. The van der Waals surface area contributed by atoms with E-state index in [1.807, 2.05) is 0 Å². The Balaban J connectivity index is 1.90. The molecule has 2 amide bonds. The van der Waals surface area contributed by atoms with Crippen LogP contribution in [-0.2, 0) is 9.53 Å². The van der Waals surface area contributed by atoms with E-state index in [1.54, 1.807) is 33.8 Å². The fourth-order valence-electron chi connectivity index (χ4n) is 1.98. The molecule has 0 aliphatic heterocycles. The molecule has 1 fully saturated rings. The van der Waals surface area contributed by atoms with E-state index in [1.165, 1.54) is 12.1 Å². The van der Waals surface area contributed by atoms with E-state index in [0.717, 1.165) is 12.8 Å². The Morgan fingerprint density at radius 2 is 1.96 bits per heavy atom. The molecule has 0 saturated heterocycles. The van der Waals surface area contributed by atoms with Crippen LogP contribution in [0.25, 0.3) is 0 Å². The predicted octanol–water partition coefficient (Wildman–Crippen LogP) is 2.76. The Kier molecular flexibility index (Phi) is 5.84. The van der Waals surface area contributed by atoms with Gasteiger partial charge >= 0.3 is 6.09 Å². The minimum atomic E-state index is -0.746. The summed E-state index contributed by atoms with van der Waals surface area (Å²) in [6.45, 7) is 6.78. The van der Waals surface area contributed by atoms with E-state index in [0.29, 0.717) is 5.69 Å². The molecule has 0 spiro atoms. The molecule has 8 heteroatoms. The molecule has 1 saturated carbocycles. The van der Waals surface area contributed by atoms with E-state index < -0.39 is 29.5 Å². The molecule has 25 heavy (non-hydrogen) atoms. The van der Waals surface area contributed by atoms with Gasteiger partial charge in [-0.05, 0) is 52.7 Å². The van der Waals surface area contributed by atoms with E-state index in [2.05, 4.69) is 21.5 Å². The second-order valence-electron chi connectivity index (χ2n) is 7.06. The number of para-hydroxylation sites is 1. The van der Waals surface area contributed by atoms with E-state index in [4.69, 9.17) is 4.74 Å². The molecule has 0 radical (unpaired) electrons. The highest BCUT2D eigenvalue weighted by molar-refractivity contribution is 5.97. The third-order valence-corrected chi connectivity index (χ3v) is 3.38. The van der Waals surface area contributed by atoms with Gasteiger partial charge in [0, 0.05) is 6.04 Å². The molecule has 4 N–H and O–H groups in total. The first kappa shape index (κ1) is 19.0. The number of carbonyl (C=O) groups excluding carboxylic acids is 2. The number of carbonyl (C=O) groups is 2. The third kappa shape index (κ3) is 6.22. The van der Waals surface area contributed by atoms with Crippen LogP contribution in [-0.4, -0.2) is 29.7 Å². The van der Waals surface area contributed by atoms with Crippen LogP contribution in [0.4, 0.5) is 20.6 Å². The molecule has 7 nitrogen and oxygen atoms in total. The summed E-state index contributed by atoms with van der Waals surface area (Å²) in [5.41, 5.74) is 4.88. The molecule has 1 unspecified atom stereocenters. The Morgan fingerprint density at radius 1 is 1.28 bits per heavy atom. The Labute approximate surface area is 146 Å². The van der Waals surface area contributed by atoms with E-state index in [-0.39, 0.29) is 11.7 Å². The van der Waals surface area contributed by atoms with Crippen molar-refractivity contribution in [3.63, 3.8) is 0 Å². The molecule has 0 heterocycles. The van der Waals surface area contributed by atoms with Crippen LogP contribution in [0.3, 0.4) is 0 Å². The summed E-state index contributed by atoms with van der Waals surface area (Å²) >= 11 is 0. The molecule has 0 bridgehead atoms. The minimum absolute atomic E-state index is 0.247. The lowest BCUT2D eigenvalue weighted by atomic mass is 10.2. The standard InChI is InChI=1S/C17H25FN4O3/c1-10(21-22-16(24)25-17(2,3)4)15(23)20-13-7-5-6-12(18)14(13)19-11-8-9-11/h5-7,10-11,19,21H,8-9H2,1-4H3,(H,20,23)(H,22,24). The molecule has 1 aromatic carbocycles. The Bertz CT molecular complexity index is 641. The number of rotatable bonds is 6. The first-order valence-electron chi connectivity index (χ1n) is 8.26. The summed E-state index contributed by atoms with van der Waals surface area (Å²) in [6, 6.07) is 3.99. The number of ether oxygens (including phenoxy) is 1. The van der Waals surface area contributed by atoms with Crippen molar-refractivity contribution in [1.82, 2.24) is 10.9 Å². The SMILES string of the molecule is CC(NNC(=O)OC(C)(C)C)C(=O)Nc1cccc(F)c1NC1CC1. The molecular formula is C17H25FN4O3. The smallest absolute Gasteiger partial charge is 0.422 e. The summed E-state index contributed by atoms with van der Waals surface area (Å²) in [5.74, 6) is -0.835. The molecule has 2 rings (SSSR count). The summed E-state index contributed by atoms with van der Waals surface area (Å²) in [5, 5.41) is 5.73. The van der Waals surface area contributed by atoms with Crippen molar-refractivity contribution >= 4 is 23.4 Å². The van der Waals surface area contributed by atoms with Gasteiger partial charge in [-0.1, -0.05) is 6.07 Å². The van der Waals surface area contributed by atoms with Gasteiger partial charge in [-0.3, -0.25) is 10.2 Å². The minimum Gasteiger partial charge on any atom is -0.443 e. The van der Waals surface area contributed by atoms with Crippen LogP contribution in [0, 0.1) is 5.82 Å². The Morgan fingerprint density at radius 3 is 2.56 bits per heavy atom. The largest absolute Gasteiger partial charge is 0.443 e. The van der Waals surface area contributed by atoms with Gasteiger partial charge in [0.25, 0.3) is 0 Å². The highest BCUT2D eigenvalue weighted by atomic mass is 19.1. The Hall–Kier alpha value is -2.35. The fourth-order valence-corrected chi connectivity index (χ4v) is 1.98.